The fourth-order valence-corrected chi connectivity index (χ4v) is 4.71. The number of amides is 1. The zero-order valence-corrected chi connectivity index (χ0v) is 19.7. The van der Waals surface area contributed by atoms with Gasteiger partial charge in [0.1, 0.15) is 5.75 Å². The van der Waals surface area contributed by atoms with Gasteiger partial charge in [0.15, 0.2) is 9.84 Å². The summed E-state index contributed by atoms with van der Waals surface area (Å²) in [6.45, 7) is 0. The number of rotatable bonds is 7. The zero-order chi connectivity index (χ0) is 23.4. The van der Waals surface area contributed by atoms with E-state index in [1.807, 2.05) is 54.6 Å². The molecule has 0 spiro atoms. The quantitative estimate of drug-likeness (QED) is 0.375. The number of carbonyl (C=O) groups excluding carboxylic acids is 1. The first-order valence-corrected chi connectivity index (χ1v) is 13.0. The number of pyridine rings is 1. The molecule has 8 heteroatoms. The molecule has 0 saturated carbocycles. The molecule has 0 atom stereocenters. The van der Waals surface area contributed by atoms with Crippen LogP contribution in [-0.2, 0) is 14.6 Å². The van der Waals surface area contributed by atoms with Crippen molar-refractivity contribution < 1.29 is 17.9 Å². The number of thioether (sulfide) groups is 1. The van der Waals surface area contributed by atoms with Gasteiger partial charge in [-0.25, -0.2) is 13.4 Å². The highest BCUT2D eigenvalue weighted by molar-refractivity contribution is 7.99. The lowest BCUT2D eigenvalue weighted by Crippen LogP contribution is -2.14. The Kier molecular flexibility index (Phi) is 6.67. The number of hydrogen-bond donors (Lipinski definition) is 1. The SMILES string of the molecule is COc1ccc2c(-c3ccccc3)cc(SCC(=O)Nc3ccc(S(C)(=O)=O)cc3)nc2c1. The molecule has 0 fully saturated rings. The maximum Gasteiger partial charge on any atom is 0.234 e. The van der Waals surface area contributed by atoms with E-state index < -0.39 is 9.84 Å². The highest BCUT2D eigenvalue weighted by Gasteiger charge is 2.12. The summed E-state index contributed by atoms with van der Waals surface area (Å²) in [5.74, 6) is 0.664. The van der Waals surface area contributed by atoms with Crippen molar-refractivity contribution in [2.75, 3.05) is 24.4 Å². The molecule has 0 saturated heterocycles. The molecule has 6 nitrogen and oxygen atoms in total. The smallest absolute Gasteiger partial charge is 0.234 e. The van der Waals surface area contributed by atoms with Crippen LogP contribution in [0.4, 0.5) is 5.69 Å². The number of carbonyl (C=O) groups is 1. The van der Waals surface area contributed by atoms with E-state index in [2.05, 4.69) is 5.32 Å². The Bertz CT molecular complexity index is 1400. The van der Waals surface area contributed by atoms with Crippen molar-refractivity contribution in [3.63, 3.8) is 0 Å². The van der Waals surface area contributed by atoms with Crippen molar-refractivity contribution in [3.8, 4) is 16.9 Å². The molecular weight excluding hydrogens is 456 g/mol. The molecule has 0 aliphatic rings. The van der Waals surface area contributed by atoms with Gasteiger partial charge in [0, 0.05) is 23.4 Å². The van der Waals surface area contributed by atoms with Crippen LogP contribution < -0.4 is 10.1 Å². The number of benzene rings is 3. The number of nitrogens with zero attached hydrogens (tertiary/aromatic N) is 1. The van der Waals surface area contributed by atoms with E-state index in [0.717, 1.165) is 33.3 Å². The topological polar surface area (TPSA) is 85.4 Å². The standard InChI is InChI=1S/C25H22N2O4S2/c1-31-19-10-13-21-22(17-6-4-3-5-7-17)15-25(27-23(21)14-19)32-16-24(28)26-18-8-11-20(12-9-18)33(2,29)30/h3-15H,16H2,1-2H3,(H,26,28). The molecule has 3 aromatic carbocycles. The van der Waals surface area contributed by atoms with Gasteiger partial charge in [-0.05, 0) is 53.6 Å². The van der Waals surface area contributed by atoms with E-state index in [4.69, 9.17) is 9.72 Å². The van der Waals surface area contributed by atoms with E-state index in [1.54, 1.807) is 19.2 Å². The third kappa shape index (κ3) is 5.53. The summed E-state index contributed by atoms with van der Waals surface area (Å²) in [5.41, 5.74) is 3.42. The largest absolute Gasteiger partial charge is 0.497 e. The van der Waals surface area contributed by atoms with Gasteiger partial charge in [0.05, 0.1) is 28.3 Å². The Morgan fingerprint density at radius 2 is 1.73 bits per heavy atom. The molecule has 33 heavy (non-hydrogen) atoms. The van der Waals surface area contributed by atoms with E-state index >= 15 is 0 Å². The Labute approximate surface area is 196 Å². The van der Waals surface area contributed by atoms with Gasteiger partial charge in [-0.1, -0.05) is 42.1 Å². The van der Waals surface area contributed by atoms with Crippen LogP contribution in [0.1, 0.15) is 0 Å². The average Bonchev–Trinajstić information content (AvgIpc) is 2.82. The van der Waals surface area contributed by atoms with Gasteiger partial charge in [-0.3, -0.25) is 4.79 Å². The number of fused-ring (bicyclic) bond motifs is 1. The maximum absolute atomic E-state index is 12.5. The molecule has 1 N–H and O–H groups in total. The Hall–Kier alpha value is -3.36. The molecule has 0 bridgehead atoms. The fraction of sp³-hybridized carbons (Fsp3) is 0.120. The minimum absolute atomic E-state index is 0.157. The second kappa shape index (κ2) is 9.64. The normalized spacial score (nSPS) is 11.3. The molecule has 168 valence electrons. The number of hydrogen-bond acceptors (Lipinski definition) is 6. The number of ether oxygens (including phenoxy) is 1. The maximum atomic E-state index is 12.5. The number of nitrogens with one attached hydrogen (secondary N) is 1. The summed E-state index contributed by atoms with van der Waals surface area (Å²) >= 11 is 1.33. The third-order valence-electron chi connectivity index (χ3n) is 5.00. The summed E-state index contributed by atoms with van der Waals surface area (Å²) in [6.07, 6.45) is 1.15. The van der Waals surface area contributed by atoms with E-state index in [1.165, 1.54) is 23.9 Å². The van der Waals surface area contributed by atoms with Crippen LogP contribution in [0.5, 0.6) is 5.75 Å². The van der Waals surface area contributed by atoms with E-state index in [-0.39, 0.29) is 16.6 Å². The predicted molar refractivity (Wildman–Crippen MR) is 133 cm³/mol. The number of methoxy groups -OCH3 is 1. The van der Waals surface area contributed by atoms with Gasteiger partial charge >= 0.3 is 0 Å². The molecule has 0 unspecified atom stereocenters. The lowest BCUT2D eigenvalue weighted by atomic mass is 10.0. The second-order valence-corrected chi connectivity index (χ2v) is 10.4. The van der Waals surface area contributed by atoms with Gasteiger partial charge < -0.3 is 10.1 Å². The van der Waals surface area contributed by atoms with E-state index in [0.29, 0.717) is 11.4 Å². The minimum Gasteiger partial charge on any atom is -0.497 e. The lowest BCUT2D eigenvalue weighted by Gasteiger charge is -2.11. The highest BCUT2D eigenvalue weighted by Crippen LogP contribution is 2.33. The molecule has 1 amide bonds. The monoisotopic (exact) mass is 478 g/mol. The summed E-state index contributed by atoms with van der Waals surface area (Å²) in [4.78, 5) is 17.4. The van der Waals surface area contributed by atoms with Crippen LogP contribution in [0, 0.1) is 0 Å². The van der Waals surface area contributed by atoms with Crippen molar-refractivity contribution in [2.24, 2.45) is 0 Å². The van der Waals surface area contributed by atoms with Gasteiger partial charge in [0.25, 0.3) is 0 Å². The number of anilines is 1. The minimum atomic E-state index is -3.28. The van der Waals surface area contributed by atoms with E-state index in [9.17, 15) is 13.2 Å². The van der Waals surface area contributed by atoms with Crippen molar-refractivity contribution in [1.29, 1.82) is 0 Å². The molecule has 4 rings (SSSR count). The van der Waals surface area contributed by atoms with Crippen LogP contribution in [-0.4, -0.2) is 38.4 Å². The molecular formula is C25H22N2O4S2. The Morgan fingerprint density at radius 1 is 1.00 bits per heavy atom. The second-order valence-electron chi connectivity index (χ2n) is 7.39. The van der Waals surface area contributed by atoms with Crippen LogP contribution >= 0.6 is 11.8 Å². The Balaban J connectivity index is 1.55. The van der Waals surface area contributed by atoms with Gasteiger partial charge in [0.2, 0.25) is 5.91 Å². The molecule has 0 radical (unpaired) electrons. The first kappa shape index (κ1) is 22.8. The van der Waals surface area contributed by atoms with Crippen molar-refractivity contribution in [3.05, 3.63) is 78.9 Å². The first-order valence-electron chi connectivity index (χ1n) is 10.1. The third-order valence-corrected chi connectivity index (χ3v) is 7.04. The van der Waals surface area contributed by atoms with Gasteiger partial charge in [-0.2, -0.15) is 0 Å². The summed E-state index contributed by atoms with van der Waals surface area (Å²) in [6, 6.07) is 23.9. The Morgan fingerprint density at radius 3 is 2.39 bits per heavy atom. The molecule has 0 aliphatic carbocycles. The fourth-order valence-electron chi connectivity index (χ4n) is 3.36. The summed E-state index contributed by atoms with van der Waals surface area (Å²) in [7, 11) is -1.66. The molecule has 4 aromatic rings. The highest BCUT2D eigenvalue weighted by atomic mass is 32.2. The molecule has 1 aromatic heterocycles. The van der Waals surface area contributed by atoms with Crippen molar-refractivity contribution in [1.82, 2.24) is 4.98 Å². The number of sulfone groups is 1. The molecule has 1 heterocycles. The van der Waals surface area contributed by atoms with Crippen LogP contribution in [0.25, 0.3) is 22.0 Å². The van der Waals surface area contributed by atoms with Crippen molar-refractivity contribution >= 4 is 44.1 Å². The first-order chi connectivity index (χ1) is 15.8. The molecule has 0 aliphatic heterocycles. The van der Waals surface area contributed by atoms with Crippen LogP contribution in [0.2, 0.25) is 0 Å². The zero-order valence-electron chi connectivity index (χ0n) is 18.1. The van der Waals surface area contributed by atoms with Crippen molar-refractivity contribution in [2.45, 2.75) is 9.92 Å². The number of aromatic nitrogens is 1. The van der Waals surface area contributed by atoms with Crippen LogP contribution in [0.3, 0.4) is 0 Å². The average molecular weight is 479 g/mol. The van der Waals surface area contributed by atoms with Gasteiger partial charge in [-0.15, -0.1) is 0 Å². The van der Waals surface area contributed by atoms with Crippen LogP contribution in [0.15, 0.2) is 88.8 Å². The summed E-state index contributed by atoms with van der Waals surface area (Å²) in [5, 5.41) is 4.51. The predicted octanol–water partition coefficient (Wildman–Crippen LogP) is 5.04. The summed E-state index contributed by atoms with van der Waals surface area (Å²) < 4.78 is 28.5. The lowest BCUT2D eigenvalue weighted by molar-refractivity contribution is -0.113.